The van der Waals surface area contributed by atoms with Gasteiger partial charge in [-0.1, -0.05) is 12.1 Å². The van der Waals surface area contributed by atoms with Gasteiger partial charge in [0.15, 0.2) is 5.82 Å². The van der Waals surface area contributed by atoms with Crippen molar-refractivity contribution in [1.29, 1.82) is 0 Å². The second kappa shape index (κ2) is 7.61. The highest BCUT2D eigenvalue weighted by atomic mass is 32.2. The topological polar surface area (TPSA) is 71.8 Å². The molecule has 0 radical (unpaired) electrons. The molecule has 6 nitrogen and oxygen atoms in total. The van der Waals surface area contributed by atoms with Crippen LogP contribution in [-0.2, 0) is 11.3 Å². The molecule has 1 fully saturated rings. The number of amides is 1. The minimum atomic E-state index is 0.0408. The number of nitrogens with one attached hydrogen (secondary N) is 2. The zero-order valence-corrected chi connectivity index (χ0v) is 14.0. The lowest BCUT2D eigenvalue weighted by molar-refractivity contribution is -0.116. The number of aromatic nitrogens is 3. The molecule has 2 aromatic rings. The number of anilines is 1. The van der Waals surface area contributed by atoms with Gasteiger partial charge in [0.1, 0.15) is 6.33 Å². The molecule has 3 rings (SSSR count). The maximum absolute atomic E-state index is 12.2. The summed E-state index contributed by atoms with van der Waals surface area (Å²) in [5, 5.41) is 14.5. The molecule has 1 unspecified atom stereocenters. The summed E-state index contributed by atoms with van der Waals surface area (Å²) < 4.78 is 1.98. The van der Waals surface area contributed by atoms with E-state index in [1.807, 2.05) is 47.5 Å². The van der Waals surface area contributed by atoms with E-state index in [0.717, 1.165) is 41.7 Å². The summed E-state index contributed by atoms with van der Waals surface area (Å²) in [5.41, 5.74) is 1.75. The number of carbonyl (C=O) groups excluding carboxylic acids is 1. The fourth-order valence-electron chi connectivity index (χ4n) is 2.63. The second-order valence-electron chi connectivity index (χ2n) is 5.50. The van der Waals surface area contributed by atoms with Gasteiger partial charge in [0, 0.05) is 48.3 Å². The predicted molar refractivity (Wildman–Crippen MR) is 93.5 cm³/mol. The van der Waals surface area contributed by atoms with E-state index in [-0.39, 0.29) is 11.9 Å². The Balaban J connectivity index is 1.66. The lowest BCUT2D eigenvalue weighted by Gasteiger charge is -2.22. The summed E-state index contributed by atoms with van der Waals surface area (Å²) in [6.45, 7) is 3.84. The van der Waals surface area contributed by atoms with Crippen molar-refractivity contribution in [2.45, 2.75) is 25.9 Å². The van der Waals surface area contributed by atoms with Gasteiger partial charge >= 0.3 is 0 Å². The number of rotatable bonds is 5. The average Bonchev–Trinajstić information content (AvgIpc) is 3.04. The molecule has 0 bridgehead atoms. The molecule has 0 spiro atoms. The van der Waals surface area contributed by atoms with Crippen LogP contribution in [0.4, 0.5) is 5.69 Å². The number of nitrogens with zero attached hydrogens (tertiary/aromatic N) is 3. The van der Waals surface area contributed by atoms with Crippen molar-refractivity contribution in [2.75, 3.05) is 23.4 Å². The van der Waals surface area contributed by atoms with Crippen LogP contribution in [0.1, 0.15) is 13.3 Å². The molecule has 1 aromatic heterocycles. The van der Waals surface area contributed by atoms with Gasteiger partial charge in [-0.2, -0.15) is 11.8 Å². The summed E-state index contributed by atoms with van der Waals surface area (Å²) in [6.07, 6.45) is 2.22. The largest absolute Gasteiger partial charge is 0.326 e. The molecule has 23 heavy (non-hydrogen) atoms. The Hall–Kier alpha value is -1.86. The van der Waals surface area contributed by atoms with Crippen LogP contribution in [0.5, 0.6) is 0 Å². The summed E-state index contributed by atoms with van der Waals surface area (Å²) in [6, 6.07) is 8.01. The fraction of sp³-hybridized carbons (Fsp3) is 0.438. The van der Waals surface area contributed by atoms with Gasteiger partial charge in [0.05, 0.1) is 0 Å². The molecule has 1 amide bonds. The molecule has 1 aromatic carbocycles. The minimum absolute atomic E-state index is 0.0408. The van der Waals surface area contributed by atoms with Gasteiger partial charge in [0.2, 0.25) is 5.91 Å². The molecule has 0 aliphatic carbocycles. The van der Waals surface area contributed by atoms with Crippen molar-refractivity contribution in [2.24, 2.45) is 0 Å². The summed E-state index contributed by atoms with van der Waals surface area (Å²) in [5.74, 6) is 2.97. The van der Waals surface area contributed by atoms with E-state index >= 15 is 0 Å². The maximum atomic E-state index is 12.2. The number of carbonyl (C=O) groups is 1. The lowest BCUT2D eigenvalue weighted by atomic mass is 10.1. The van der Waals surface area contributed by atoms with Crippen LogP contribution in [0.3, 0.4) is 0 Å². The Labute approximate surface area is 140 Å². The van der Waals surface area contributed by atoms with Gasteiger partial charge in [-0.3, -0.25) is 4.79 Å². The molecule has 1 aliphatic heterocycles. The molecule has 1 aliphatic rings. The van der Waals surface area contributed by atoms with Crippen LogP contribution in [0, 0.1) is 0 Å². The zero-order chi connectivity index (χ0) is 16.1. The highest BCUT2D eigenvalue weighted by Gasteiger charge is 2.17. The van der Waals surface area contributed by atoms with E-state index in [9.17, 15) is 4.79 Å². The van der Waals surface area contributed by atoms with E-state index in [0.29, 0.717) is 6.42 Å². The normalized spacial score (nSPS) is 17.9. The van der Waals surface area contributed by atoms with Gasteiger partial charge in [-0.05, 0) is 19.1 Å². The van der Waals surface area contributed by atoms with Crippen LogP contribution in [0.15, 0.2) is 30.6 Å². The Morgan fingerprint density at radius 1 is 1.52 bits per heavy atom. The first-order valence-electron chi connectivity index (χ1n) is 7.85. The fourth-order valence-corrected chi connectivity index (χ4v) is 3.58. The first-order chi connectivity index (χ1) is 11.3. The summed E-state index contributed by atoms with van der Waals surface area (Å²) >= 11 is 1.90. The molecule has 1 atom stereocenters. The Morgan fingerprint density at radius 2 is 2.43 bits per heavy atom. The SMILES string of the molecule is CCn1cnnc1-c1cccc(NC(=O)CC2CSCCN2)c1. The van der Waals surface area contributed by atoms with Crippen LogP contribution < -0.4 is 10.6 Å². The van der Waals surface area contributed by atoms with E-state index in [2.05, 4.69) is 20.8 Å². The molecule has 0 saturated carbocycles. The molecule has 7 heteroatoms. The van der Waals surface area contributed by atoms with Crippen LogP contribution in [0.2, 0.25) is 0 Å². The van der Waals surface area contributed by atoms with Crippen LogP contribution in [-0.4, -0.2) is 44.8 Å². The molecule has 1 saturated heterocycles. The zero-order valence-electron chi connectivity index (χ0n) is 13.2. The van der Waals surface area contributed by atoms with E-state index in [4.69, 9.17) is 0 Å². The number of hydrogen-bond acceptors (Lipinski definition) is 5. The second-order valence-corrected chi connectivity index (χ2v) is 6.65. The van der Waals surface area contributed by atoms with Crippen molar-refractivity contribution in [3.05, 3.63) is 30.6 Å². The van der Waals surface area contributed by atoms with Crippen molar-refractivity contribution >= 4 is 23.4 Å². The van der Waals surface area contributed by atoms with Gasteiger partial charge in [-0.25, -0.2) is 0 Å². The quantitative estimate of drug-likeness (QED) is 0.877. The van der Waals surface area contributed by atoms with Gasteiger partial charge in [-0.15, -0.1) is 10.2 Å². The van der Waals surface area contributed by atoms with E-state index < -0.39 is 0 Å². The van der Waals surface area contributed by atoms with Crippen LogP contribution >= 0.6 is 11.8 Å². The molecular formula is C16H21N5OS. The van der Waals surface area contributed by atoms with Crippen LogP contribution in [0.25, 0.3) is 11.4 Å². The standard InChI is InChI=1S/C16H21N5OS/c1-2-21-11-18-20-16(21)12-4-3-5-13(8-12)19-15(22)9-14-10-23-7-6-17-14/h3-5,8,11,14,17H,2,6-7,9-10H2,1H3,(H,19,22). The van der Waals surface area contributed by atoms with E-state index in [1.54, 1.807) is 6.33 Å². The Morgan fingerprint density at radius 3 is 3.22 bits per heavy atom. The Bertz CT molecular complexity index is 666. The summed E-state index contributed by atoms with van der Waals surface area (Å²) in [7, 11) is 0. The molecule has 122 valence electrons. The minimum Gasteiger partial charge on any atom is -0.326 e. The van der Waals surface area contributed by atoms with Crippen molar-refractivity contribution in [1.82, 2.24) is 20.1 Å². The van der Waals surface area contributed by atoms with Gasteiger partial charge < -0.3 is 15.2 Å². The third kappa shape index (κ3) is 4.11. The van der Waals surface area contributed by atoms with Crippen molar-refractivity contribution < 1.29 is 4.79 Å². The summed E-state index contributed by atoms with van der Waals surface area (Å²) in [4.78, 5) is 12.2. The smallest absolute Gasteiger partial charge is 0.225 e. The highest BCUT2D eigenvalue weighted by molar-refractivity contribution is 7.99. The highest BCUT2D eigenvalue weighted by Crippen LogP contribution is 2.21. The van der Waals surface area contributed by atoms with Crippen molar-refractivity contribution in [3.63, 3.8) is 0 Å². The van der Waals surface area contributed by atoms with Crippen molar-refractivity contribution in [3.8, 4) is 11.4 Å². The third-order valence-electron chi connectivity index (χ3n) is 3.79. The van der Waals surface area contributed by atoms with Gasteiger partial charge in [0.25, 0.3) is 0 Å². The number of thioether (sulfide) groups is 1. The predicted octanol–water partition coefficient (Wildman–Crippen LogP) is 2.00. The van der Waals surface area contributed by atoms with E-state index in [1.165, 1.54) is 0 Å². The number of aryl methyl sites for hydroxylation is 1. The molecule has 2 N–H and O–H groups in total. The molecule has 2 heterocycles. The average molecular weight is 331 g/mol. The first-order valence-corrected chi connectivity index (χ1v) is 9.01. The lowest BCUT2D eigenvalue weighted by Crippen LogP contribution is -2.39. The monoisotopic (exact) mass is 331 g/mol. The number of hydrogen-bond donors (Lipinski definition) is 2. The first kappa shape index (κ1) is 16.0. The number of benzene rings is 1. The Kier molecular flexibility index (Phi) is 5.30. The third-order valence-corrected chi connectivity index (χ3v) is 4.92. The molecular weight excluding hydrogens is 310 g/mol. The maximum Gasteiger partial charge on any atom is 0.225 e.